The molecule has 0 aromatic heterocycles. The van der Waals surface area contributed by atoms with Crippen LogP contribution in [0.15, 0.2) is 29.2 Å². The molecule has 1 heterocycles. The van der Waals surface area contributed by atoms with Crippen molar-refractivity contribution in [2.24, 2.45) is 5.92 Å². The third-order valence-electron chi connectivity index (χ3n) is 3.62. The smallest absolute Gasteiger partial charge is 0.223 e. The molecule has 104 valence electrons. The maximum atomic E-state index is 12.1. The number of amides is 1. The van der Waals surface area contributed by atoms with Crippen LogP contribution in [0.1, 0.15) is 31.7 Å². The Morgan fingerprint density at radius 1 is 1.37 bits per heavy atom. The number of rotatable bonds is 4. The summed E-state index contributed by atoms with van der Waals surface area (Å²) in [5.41, 5.74) is 1.28. The summed E-state index contributed by atoms with van der Waals surface area (Å²) < 4.78 is 0. The molecule has 19 heavy (non-hydrogen) atoms. The fraction of sp³-hybridized carbons (Fsp3) is 0.562. The molecule has 3 heteroatoms. The summed E-state index contributed by atoms with van der Waals surface area (Å²) in [4.78, 5) is 15.4. The van der Waals surface area contributed by atoms with Gasteiger partial charge in [0, 0.05) is 30.2 Å². The molecule has 1 amide bonds. The third kappa shape index (κ3) is 4.57. The van der Waals surface area contributed by atoms with Gasteiger partial charge in [0.15, 0.2) is 0 Å². The van der Waals surface area contributed by atoms with E-state index in [1.165, 1.54) is 16.9 Å². The number of benzene rings is 1. The maximum Gasteiger partial charge on any atom is 0.223 e. The Labute approximate surface area is 120 Å². The van der Waals surface area contributed by atoms with Gasteiger partial charge in [-0.1, -0.05) is 24.6 Å². The predicted molar refractivity (Wildman–Crippen MR) is 81.5 cm³/mol. The van der Waals surface area contributed by atoms with Gasteiger partial charge in [0.05, 0.1) is 0 Å². The van der Waals surface area contributed by atoms with Crippen LogP contribution in [0.3, 0.4) is 0 Å². The average molecular weight is 277 g/mol. The van der Waals surface area contributed by atoms with Crippen LogP contribution in [0.25, 0.3) is 0 Å². The van der Waals surface area contributed by atoms with Crippen LogP contribution in [0.2, 0.25) is 0 Å². The molecule has 1 atom stereocenters. The molecule has 1 unspecified atom stereocenters. The summed E-state index contributed by atoms with van der Waals surface area (Å²) >= 11 is 1.77. The van der Waals surface area contributed by atoms with Crippen molar-refractivity contribution in [3.8, 4) is 0 Å². The summed E-state index contributed by atoms with van der Waals surface area (Å²) in [6.45, 7) is 6.24. The van der Waals surface area contributed by atoms with Crippen LogP contribution in [0.5, 0.6) is 0 Å². The molecular weight excluding hydrogens is 254 g/mol. The van der Waals surface area contributed by atoms with Gasteiger partial charge in [-0.3, -0.25) is 4.79 Å². The van der Waals surface area contributed by atoms with Crippen molar-refractivity contribution in [2.45, 2.75) is 38.0 Å². The van der Waals surface area contributed by atoms with Crippen molar-refractivity contribution in [2.75, 3.05) is 18.8 Å². The van der Waals surface area contributed by atoms with E-state index in [1.54, 1.807) is 11.8 Å². The van der Waals surface area contributed by atoms with E-state index in [1.807, 2.05) is 4.90 Å². The van der Waals surface area contributed by atoms with Crippen LogP contribution in [-0.2, 0) is 4.79 Å². The Balaban J connectivity index is 1.73. The lowest BCUT2D eigenvalue weighted by Crippen LogP contribution is -2.39. The lowest BCUT2D eigenvalue weighted by atomic mass is 10.0. The quantitative estimate of drug-likeness (QED) is 0.782. The van der Waals surface area contributed by atoms with E-state index in [2.05, 4.69) is 38.1 Å². The van der Waals surface area contributed by atoms with E-state index >= 15 is 0 Å². The van der Waals surface area contributed by atoms with Gasteiger partial charge < -0.3 is 4.90 Å². The zero-order valence-electron chi connectivity index (χ0n) is 11.9. The average Bonchev–Trinajstić information content (AvgIpc) is 2.41. The molecule has 0 radical (unpaired) electrons. The number of likely N-dealkylation sites (tertiary alicyclic amines) is 1. The fourth-order valence-electron chi connectivity index (χ4n) is 2.46. The summed E-state index contributed by atoms with van der Waals surface area (Å²) in [7, 11) is 0. The zero-order valence-corrected chi connectivity index (χ0v) is 12.7. The standard InChI is InChI=1S/C16H23NOS/c1-13-5-7-15(8-6-13)19-11-9-16(18)17-10-3-4-14(2)12-17/h5-8,14H,3-4,9-12H2,1-2H3. The number of carbonyl (C=O) groups is 1. The number of hydrogen-bond donors (Lipinski definition) is 0. The van der Waals surface area contributed by atoms with E-state index in [0.29, 0.717) is 18.2 Å². The number of piperidine rings is 1. The molecule has 0 saturated carbocycles. The molecule has 0 bridgehead atoms. The van der Waals surface area contributed by atoms with Gasteiger partial charge in [0.2, 0.25) is 5.91 Å². The molecule has 0 aliphatic carbocycles. The van der Waals surface area contributed by atoms with Crippen molar-refractivity contribution >= 4 is 17.7 Å². The number of nitrogens with zero attached hydrogens (tertiary/aromatic N) is 1. The fourth-order valence-corrected chi connectivity index (χ4v) is 3.31. The van der Waals surface area contributed by atoms with Gasteiger partial charge >= 0.3 is 0 Å². The third-order valence-corrected chi connectivity index (χ3v) is 4.63. The molecule has 2 rings (SSSR count). The summed E-state index contributed by atoms with van der Waals surface area (Å²) in [5.74, 6) is 1.88. The van der Waals surface area contributed by atoms with Gasteiger partial charge in [-0.25, -0.2) is 0 Å². The first-order chi connectivity index (χ1) is 9.15. The van der Waals surface area contributed by atoms with Gasteiger partial charge in [-0.15, -0.1) is 11.8 Å². The topological polar surface area (TPSA) is 20.3 Å². The van der Waals surface area contributed by atoms with Crippen molar-refractivity contribution < 1.29 is 4.79 Å². The summed E-state index contributed by atoms with van der Waals surface area (Å²) in [5, 5.41) is 0. The molecule has 1 aromatic rings. The second kappa shape index (κ2) is 6.99. The lowest BCUT2D eigenvalue weighted by Gasteiger charge is -2.31. The highest BCUT2D eigenvalue weighted by atomic mass is 32.2. The molecule has 2 nitrogen and oxygen atoms in total. The SMILES string of the molecule is Cc1ccc(SCCC(=O)N2CCCC(C)C2)cc1. The van der Waals surface area contributed by atoms with E-state index in [-0.39, 0.29) is 0 Å². The van der Waals surface area contributed by atoms with Crippen molar-refractivity contribution in [1.82, 2.24) is 4.90 Å². The van der Waals surface area contributed by atoms with Crippen molar-refractivity contribution in [3.63, 3.8) is 0 Å². The van der Waals surface area contributed by atoms with Crippen LogP contribution >= 0.6 is 11.8 Å². The number of hydrogen-bond acceptors (Lipinski definition) is 2. The van der Waals surface area contributed by atoms with Crippen LogP contribution in [0.4, 0.5) is 0 Å². The monoisotopic (exact) mass is 277 g/mol. The lowest BCUT2D eigenvalue weighted by molar-refractivity contribution is -0.132. The van der Waals surface area contributed by atoms with E-state index in [9.17, 15) is 4.79 Å². The summed E-state index contributed by atoms with van der Waals surface area (Å²) in [6, 6.07) is 8.51. The second-order valence-corrected chi connectivity index (χ2v) is 6.67. The predicted octanol–water partition coefficient (Wildman–Crippen LogP) is 3.74. The Bertz CT molecular complexity index is 415. The van der Waals surface area contributed by atoms with Crippen LogP contribution in [0, 0.1) is 12.8 Å². The Morgan fingerprint density at radius 3 is 2.79 bits per heavy atom. The van der Waals surface area contributed by atoms with E-state index in [4.69, 9.17) is 0 Å². The highest BCUT2D eigenvalue weighted by molar-refractivity contribution is 7.99. The number of aryl methyl sites for hydroxylation is 1. The molecule has 0 N–H and O–H groups in total. The number of carbonyl (C=O) groups excluding carboxylic acids is 1. The Kier molecular flexibility index (Phi) is 5.32. The molecule has 1 saturated heterocycles. The van der Waals surface area contributed by atoms with Gasteiger partial charge in [0.25, 0.3) is 0 Å². The highest BCUT2D eigenvalue weighted by Crippen LogP contribution is 2.21. The molecule has 1 aliphatic rings. The normalized spacial score (nSPS) is 19.5. The van der Waals surface area contributed by atoms with E-state index in [0.717, 1.165) is 25.3 Å². The molecule has 0 spiro atoms. The van der Waals surface area contributed by atoms with Gasteiger partial charge in [-0.05, 0) is 37.8 Å². The van der Waals surface area contributed by atoms with Crippen LogP contribution in [-0.4, -0.2) is 29.6 Å². The first-order valence-corrected chi connectivity index (χ1v) is 8.11. The molecule has 1 fully saturated rings. The molecule has 1 aliphatic heterocycles. The van der Waals surface area contributed by atoms with E-state index < -0.39 is 0 Å². The Hall–Kier alpha value is -0.960. The number of thioether (sulfide) groups is 1. The minimum atomic E-state index is 0.325. The zero-order chi connectivity index (χ0) is 13.7. The van der Waals surface area contributed by atoms with Gasteiger partial charge in [-0.2, -0.15) is 0 Å². The molecule has 1 aromatic carbocycles. The van der Waals surface area contributed by atoms with Crippen molar-refractivity contribution in [1.29, 1.82) is 0 Å². The summed E-state index contributed by atoms with van der Waals surface area (Å²) in [6.07, 6.45) is 3.09. The first kappa shape index (κ1) is 14.4. The van der Waals surface area contributed by atoms with Crippen LogP contribution < -0.4 is 0 Å². The Morgan fingerprint density at radius 2 is 2.11 bits per heavy atom. The van der Waals surface area contributed by atoms with Gasteiger partial charge in [0.1, 0.15) is 0 Å². The highest BCUT2D eigenvalue weighted by Gasteiger charge is 2.20. The maximum absolute atomic E-state index is 12.1. The first-order valence-electron chi connectivity index (χ1n) is 7.12. The largest absolute Gasteiger partial charge is 0.342 e. The minimum Gasteiger partial charge on any atom is -0.342 e. The van der Waals surface area contributed by atoms with Crippen molar-refractivity contribution in [3.05, 3.63) is 29.8 Å². The molecular formula is C16H23NOS. The minimum absolute atomic E-state index is 0.325. The second-order valence-electron chi connectivity index (χ2n) is 5.50.